The summed E-state index contributed by atoms with van der Waals surface area (Å²) in [5, 5.41) is 49.4. The normalized spacial score (nSPS) is 29.2. The minimum Gasteiger partial charge on any atom is -0.394 e. The summed E-state index contributed by atoms with van der Waals surface area (Å²) in [5.74, 6) is -0.770. The Morgan fingerprint density at radius 2 is 1.48 bits per heavy atom. The number of aliphatic hydroxyl groups excluding tert-OH is 4. The number of unbranched alkanes of at least 4 members (excludes halogenated alkanes) is 8. The number of hydrogen-bond donors (Lipinski definition) is 5. The molecule has 5 N–H and O–H groups in total. The third kappa shape index (κ3) is 9.12. The fourth-order valence-corrected chi connectivity index (χ4v) is 3.71. The van der Waals surface area contributed by atoms with E-state index in [-0.39, 0.29) is 6.42 Å². The van der Waals surface area contributed by atoms with Gasteiger partial charge < -0.3 is 30.3 Å². The number of hydrogen-bond acceptors (Lipinski definition) is 7. The molecule has 0 aromatic carbocycles. The molecule has 5 atom stereocenters. The number of ether oxygens (including phenoxy) is 1. The molecular weight excluding hydrogens is 400 g/mol. The minimum absolute atomic E-state index is 0.0328. The van der Waals surface area contributed by atoms with Gasteiger partial charge in [-0.3, -0.25) is 4.79 Å². The highest BCUT2D eigenvalue weighted by molar-refractivity contribution is 5.88. The SMILES string of the molecule is CCCCCC=CCC=CCCCCCCCC(=O)[C@]1(O)[C@@H](O)O[C@H](CO)[C@@H](O)[C@@H]1O. The van der Waals surface area contributed by atoms with Crippen LogP contribution in [0.15, 0.2) is 24.3 Å². The first kappa shape index (κ1) is 27.9. The maximum Gasteiger partial charge on any atom is 0.202 e. The Hall–Kier alpha value is -1.09. The molecule has 0 bridgehead atoms. The lowest BCUT2D eigenvalue weighted by Gasteiger charge is -2.44. The second-order valence-electron chi connectivity index (χ2n) is 8.37. The molecule has 0 saturated carbocycles. The molecule has 31 heavy (non-hydrogen) atoms. The van der Waals surface area contributed by atoms with Crippen molar-refractivity contribution >= 4 is 5.78 Å². The van der Waals surface area contributed by atoms with Crippen LogP contribution in [0.2, 0.25) is 0 Å². The van der Waals surface area contributed by atoms with E-state index in [9.17, 15) is 25.2 Å². The van der Waals surface area contributed by atoms with Crippen LogP contribution in [0.4, 0.5) is 0 Å². The van der Waals surface area contributed by atoms with Gasteiger partial charge in [-0.1, -0.05) is 63.3 Å². The number of carbonyl (C=O) groups is 1. The lowest BCUT2D eigenvalue weighted by Crippen LogP contribution is -2.69. The smallest absolute Gasteiger partial charge is 0.202 e. The number of Topliss-reactive ketones (excluding diaryl/α,β-unsaturated/α-hetero) is 1. The van der Waals surface area contributed by atoms with Crippen LogP contribution in [0.3, 0.4) is 0 Å². The summed E-state index contributed by atoms with van der Waals surface area (Å²) in [6.07, 6.45) is 13.4. The fraction of sp³-hybridized carbons (Fsp3) is 0.792. The van der Waals surface area contributed by atoms with E-state index in [1.54, 1.807) is 0 Å². The predicted octanol–water partition coefficient (Wildman–Crippen LogP) is 2.53. The zero-order valence-electron chi connectivity index (χ0n) is 18.9. The van der Waals surface area contributed by atoms with Crippen molar-refractivity contribution in [2.45, 2.75) is 114 Å². The van der Waals surface area contributed by atoms with Gasteiger partial charge in [0.2, 0.25) is 5.60 Å². The van der Waals surface area contributed by atoms with Gasteiger partial charge in [0.1, 0.15) is 18.3 Å². The second-order valence-corrected chi connectivity index (χ2v) is 8.37. The number of carbonyl (C=O) groups excluding carboxylic acids is 1. The van der Waals surface area contributed by atoms with E-state index in [0.29, 0.717) is 6.42 Å². The molecule has 0 amide bonds. The highest BCUT2D eigenvalue weighted by Crippen LogP contribution is 2.31. The molecule has 1 heterocycles. The van der Waals surface area contributed by atoms with E-state index in [0.717, 1.165) is 44.9 Å². The van der Waals surface area contributed by atoms with E-state index >= 15 is 0 Å². The van der Waals surface area contributed by atoms with Crippen molar-refractivity contribution < 1.29 is 35.1 Å². The topological polar surface area (TPSA) is 127 Å². The van der Waals surface area contributed by atoms with Gasteiger partial charge in [-0.25, -0.2) is 0 Å². The molecule has 1 fully saturated rings. The Labute approximate surface area is 186 Å². The van der Waals surface area contributed by atoms with Gasteiger partial charge in [0.25, 0.3) is 0 Å². The lowest BCUT2D eigenvalue weighted by molar-refractivity contribution is -0.317. The summed E-state index contributed by atoms with van der Waals surface area (Å²) in [5.41, 5.74) is -2.58. The first-order chi connectivity index (χ1) is 14.9. The summed E-state index contributed by atoms with van der Waals surface area (Å²) in [4.78, 5) is 12.4. The Morgan fingerprint density at radius 1 is 0.903 bits per heavy atom. The molecule has 180 valence electrons. The molecule has 0 aliphatic carbocycles. The number of aliphatic hydroxyl groups is 5. The third-order valence-electron chi connectivity index (χ3n) is 5.82. The average molecular weight is 443 g/mol. The van der Waals surface area contributed by atoms with Crippen molar-refractivity contribution in [1.82, 2.24) is 0 Å². The number of rotatable bonds is 16. The van der Waals surface area contributed by atoms with E-state index in [2.05, 4.69) is 31.2 Å². The molecule has 1 saturated heterocycles. The first-order valence-electron chi connectivity index (χ1n) is 11.8. The van der Waals surface area contributed by atoms with E-state index in [1.807, 2.05) is 0 Å². The van der Waals surface area contributed by atoms with Crippen LogP contribution in [0, 0.1) is 0 Å². The van der Waals surface area contributed by atoms with Crippen LogP contribution in [-0.2, 0) is 9.53 Å². The van der Waals surface area contributed by atoms with Crippen molar-refractivity contribution in [3.63, 3.8) is 0 Å². The molecular formula is C24H42O7. The monoisotopic (exact) mass is 442 g/mol. The highest BCUT2D eigenvalue weighted by Gasteiger charge is 2.58. The van der Waals surface area contributed by atoms with Gasteiger partial charge in [0.05, 0.1) is 6.61 Å². The Bertz CT molecular complexity index is 548. The summed E-state index contributed by atoms with van der Waals surface area (Å²) in [6, 6.07) is 0. The Morgan fingerprint density at radius 3 is 2.10 bits per heavy atom. The zero-order chi connectivity index (χ0) is 23.1. The average Bonchev–Trinajstić information content (AvgIpc) is 2.77. The van der Waals surface area contributed by atoms with E-state index in [4.69, 9.17) is 9.84 Å². The largest absolute Gasteiger partial charge is 0.394 e. The fourth-order valence-electron chi connectivity index (χ4n) is 3.71. The van der Waals surface area contributed by atoms with Gasteiger partial charge in [0.15, 0.2) is 12.1 Å². The molecule has 0 spiro atoms. The van der Waals surface area contributed by atoms with Gasteiger partial charge >= 0.3 is 0 Å². The van der Waals surface area contributed by atoms with Crippen molar-refractivity contribution in [2.24, 2.45) is 0 Å². The molecule has 7 nitrogen and oxygen atoms in total. The highest BCUT2D eigenvalue weighted by atomic mass is 16.6. The quantitative estimate of drug-likeness (QED) is 0.184. The standard InChI is InChI=1S/C24H42O7/c1-2-3-4-5-6-7-8-9-10-11-12-13-14-15-16-17-20(26)24(30)22(28)21(27)19(18-25)31-23(24)29/h6-7,9-10,19,21-23,25,27-30H,2-5,8,11-18H2,1H3/t19-,21-,22+,23+,24-/m1/s1. The third-order valence-corrected chi connectivity index (χ3v) is 5.82. The van der Waals surface area contributed by atoms with Crippen LogP contribution in [0.1, 0.15) is 84.0 Å². The van der Waals surface area contributed by atoms with Crippen LogP contribution in [0.5, 0.6) is 0 Å². The summed E-state index contributed by atoms with van der Waals surface area (Å²) in [6.45, 7) is 1.56. The van der Waals surface area contributed by atoms with Crippen molar-refractivity contribution in [3.05, 3.63) is 24.3 Å². The van der Waals surface area contributed by atoms with E-state index in [1.165, 1.54) is 19.3 Å². The molecule has 1 aliphatic heterocycles. The van der Waals surface area contributed by atoms with Crippen molar-refractivity contribution in [3.8, 4) is 0 Å². The second kappa shape index (κ2) is 15.7. The van der Waals surface area contributed by atoms with Crippen molar-refractivity contribution in [2.75, 3.05) is 6.61 Å². The molecule has 0 unspecified atom stereocenters. The Kier molecular flexibility index (Phi) is 14.1. The lowest BCUT2D eigenvalue weighted by atomic mass is 9.81. The maximum absolute atomic E-state index is 12.4. The van der Waals surface area contributed by atoms with Crippen LogP contribution in [-0.4, -0.2) is 68.1 Å². The number of allylic oxidation sites excluding steroid dienone is 4. The predicted molar refractivity (Wildman–Crippen MR) is 119 cm³/mol. The molecule has 1 rings (SSSR count). The molecule has 1 aliphatic rings. The zero-order valence-corrected chi connectivity index (χ0v) is 18.9. The van der Waals surface area contributed by atoms with Crippen LogP contribution in [0.25, 0.3) is 0 Å². The maximum atomic E-state index is 12.4. The molecule has 0 aromatic heterocycles. The van der Waals surface area contributed by atoms with Gasteiger partial charge in [-0.15, -0.1) is 0 Å². The Balaban J connectivity index is 2.15. The summed E-state index contributed by atoms with van der Waals surface area (Å²) < 4.78 is 4.90. The molecule has 7 heteroatoms. The molecule has 0 radical (unpaired) electrons. The van der Waals surface area contributed by atoms with Gasteiger partial charge in [0, 0.05) is 6.42 Å². The van der Waals surface area contributed by atoms with Crippen LogP contribution < -0.4 is 0 Å². The van der Waals surface area contributed by atoms with Gasteiger partial charge in [-0.05, 0) is 38.5 Å². The minimum atomic E-state index is -2.58. The summed E-state index contributed by atoms with van der Waals surface area (Å²) in [7, 11) is 0. The van der Waals surface area contributed by atoms with E-state index < -0.39 is 42.6 Å². The first-order valence-corrected chi connectivity index (χ1v) is 11.8. The molecule has 0 aromatic rings. The van der Waals surface area contributed by atoms with Crippen LogP contribution >= 0.6 is 0 Å². The summed E-state index contributed by atoms with van der Waals surface area (Å²) >= 11 is 0. The number of ketones is 1. The van der Waals surface area contributed by atoms with Crippen molar-refractivity contribution in [1.29, 1.82) is 0 Å². The van der Waals surface area contributed by atoms with Gasteiger partial charge in [-0.2, -0.15) is 0 Å².